The van der Waals surface area contributed by atoms with Crippen LogP contribution >= 0.6 is 0 Å². The molecule has 0 saturated heterocycles. The van der Waals surface area contributed by atoms with E-state index in [1.54, 1.807) is 12.1 Å². The first-order valence-corrected chi connectivity index (χ1v) is 6.88. The van der Waals surface area contributed by atoms with Gasteiger partial charge in [-0.05, 0) is 30.9 Å². The summed E-state index contributed by atoms with van der Waals surface area (Å²) in [6.07, 6.45) is 0.369. The van der Waals surface area contributed by atoms with Gasteiger partial charge in [0.25, 0.3) is 5.91 Å². The third kappa shape index (κ3) is 5.17. The molecular formula is C15H22FNO3. The number of aliphatic hydroxyl groups is 1. The van der Waals surface area contributed by atoms with Gasteiger partial charge < -0.3 is 15.2 Å². The number of rotatable bonds is 8. The average molecular weight is 283 g/mol. The molecule has 2 atom stereocenters. The molecule has 0 spiro atoms. The summed E-state index contributed by atoms with van der Waals surface area (Å²) in [4.78, 5) is 12.0. The van der Waals surface area contributed by atoms with E-state index in [0.717, 1.165) is 0 Å². The number of carbonyl (C=O) groups excluding carboxylic acids is 1. The minimum atomic E-state index is -0.715. The van der Waals surface area contributed by atoms with Crippen molar-refractivity contribution in [1.82, 2.24) is 5.32 Å². The maximum absolute atomic E-state index is 13.5. The summed E-state index contributed by atoms with van der Waals surface area (Å²) in [5, 5.41) is 11.6. The van der Waals surface area contributed by atoms with Gasteiger partial charge in [-0.15, -0.1) is 0 Å². The standard InChI is InChI=1S/C15H22FNO3/c1-3-13(15(19)17-10-11(2)8-9-18)20-14-7-5-4-6-12(14)16/h4-7,11,13,18H,3,8-10H2,1-2H3,(H,17,19). The van der Waals surface area contributed by atoms with E-state index >= 15 is 0 Å². The molecule has 1 aromatic carbocycles. The number of carbonyl (C=O) groups is 1. The van der Waals surface area contributed by atoms with Crippen LogP contribution in [0.1, 0.15) is 26.7 Å². The molecule has 1 amide bonds. The molecule has 112 valence electrons. The van der Waals surface area contributed by atoms with Crippen molar-refractivity contribution in [3.63, 3.8) is 0 Å². The van der Waals surface area contributed by atoms with Crippen molar-refractivity contribution in [2.45, 2.75) is 32.8 Å². The maximum Gasteiger partial charge on any atom is 0.261 e. The van der Waals surface area contributed by atoms with E-state index in [1.165, 1.54) is 12.1 Å². The Kier molecular flexibility index (Phi) is 7.01. The Bertz CT molecular complexity index is 425. The van der Waals surface area contributed by atoms with Crippen molar-refractivity contribution in [2.75, 3.05) is 13.2 Å². The number of benzene rings is 1. The fraction of sp³-hybridized carbons (Fsp3) is 0.533. The monoisotopic (exact) mass is 283 g/mol. The van der Waals surface area contributed by atoms with E-state index in [0.29, 0.717) is 19.4 Å². The molecule has 2 unspecified atom stereocenters. The lowest BCUT2D eigenvalue weighted by Crippen LogP contribution is -2.40. The predicted molar refractivity (Wildman–Crippen MR) is 75.0 cm³/mol. The number of hydrogen-bond acceptors (Lipinski definition) is 3. The largest absolute Gasteiger partial charge is 0.478 e. The second-order valence-electron chi connectivity index (χ2n) is 4.81. The van der Waals surface area contributed by atoms with Gasteiger partial charge in [-0.3, -0.25) is 4.79 Å². The normalized spacial score (nSPS) is 13.6. The minimum absolute atomic E-state index is 0.0814. The van der Waals surface area contributed by atoms with Crippen molar-refractivity contribution in [3.8, 4) is 5.75 Å². The summed E-state index contributed by atoms with van der Waals surface area (Å²) in [7, 11) is 0. The second kappa shape index (κ2) is 8.53. The maximum atomic E-state index is 13.5. The first kappa shape index (κ1) is 16.4. The summed E-state index contributed by atoms with van der Waals surface area (Å²) < 4.78 is 18.9. The number of nitrogens with one attached hydrogen (secondary N) is 1. The van der Waals surface area contributed by atoms with Crippen LogP contribution in [-0.2, 0) is 4.79 Å². The second-order valence-corrected chi connectivity index (χ2v) is 4.81. The van der Waals surface area contributed by atoms with Crippen molar-refractivity contribution < 1.29 is 19.0 Å². The van der Waals surface area contributed by atoms with Gasteiger partial charge >= 0.3 is 0 Å². The highest BCUT2D eigenvalue weighted by molar-refractivity contribution is 5.81. The number of ether oxygens (including phenoxy) is 1. The van der Waals surface area contributed by atoms with Crippen LogP contribution in [0.4, 0.5) is 4.39 Å². The molecule has 0 aromatic heterocycles. The van der Waals surface area contributed by atoms with Gasteiger partial charge in [0.05, 0.1) is 0 Å². The number of hydrogen-bond donors (Lipinski definition) is 2. The zero-order valence-electron chi connectivity index (χ0n) is 11.9. The van der Waals surface area contributed by atoms with Crippen LogP contribution < -0.4 is 10.1 Å². The molecule has 20 heavy (non-hydrogen) atoms. The predicted octanol–water partition coefficient (Wildman–Crippen LogP) is 2.12. The number of amides is 1. The molecule has 1 aromatic rings. The molecule has 0 bridgehead atoms. The van der Waals surface area contributed by atoms with E-state index in [2.05, 4.69) is 5.32 Å². The van der Waals surface area contributed by atoms with Crippen molar-refractivity contribution in [3.05, 3.63) is 30.1 Å². The topological polar surface area (TPSA) is 58.6 Å². The molecule has 5 heteroatoms. The van der Waals surface area contributed by atoms with Crippen LogP contribution in [0.2, 0.25) is 0 Å². The fourth-order valence-corrected chi connectivity index (χ4v) is 1.73. The highest BCUT2D eigenvalue weighted by Crippen LogP contribution is 2.18. The van der Waals surface area contributed by atoms with Crippen LogP contribution in [0, 0.1) is 11.7 Å². The zero-order chi connectivity index (χ0) is 15.0. The summed E-state index contributed by atoms with van der Waals surface area (Å²) in [5.41, 5.74) is 0. The van der Waals surface area contributed by atoms with Crippen LogP contribution in [0.5, 0.6) is 5.75 Å². The third-order valence-corrected chi connectivity index (χ3v) is 3.02. The summed E-state index contributed by atoms with van der Waals surface area (Å²) in [6.45, 7) is 4.31. The van der Waals surface area contributed by atoms with Crippen LogP contribution in [-0.4, -0.2) is 30.3 Å². The van der Waals surface area contributed by atoms with E-state index in [-0.39, 0.29) is 24.2 Å². The number of para-hydroxylation sites is 1. The molecule has 0 heterocycles. The number of aliphatic hydroxyl groups excluding tert-OH is 1. The first-order chi connectivity index (χ1) is 9.58. The average Bonchev–Trinajstić information content (AvgIpc) is 2.44. The molecule has 4 nitrogen and oxygen atoms in total. The van der Waals surface area contributed by atoms with E-state index in [4.69, 9.17) is 9.84 Å². The minimum Gasteiger partial charge on any atom is -0.478 e. The quantitative estimate of drug-likeness (QED) is 0.768. The Morgan fingerprint density at radius 2 is 2.15 bits per heavy atom. The zero-order valence-corrected chi connectivity index (χ0v) is 11.9. The Morgan fingerprint density at radius 1 is 1.45 bits per heavy atom. The lowest BCUT2D eigenvalue weighted by Gasteiger charge is -2.19. The van der Waals surface area contributed by atoms with E-state index < -0.39 is 11.9 Å². The Labute approximate surface area is 119 Å². The van der Waals surface area contributed by atoms with E-state index in [9.17, 15) is 9.18 Å². The van der Waals surface area contributed by atoms with E-state index in [1.807, 2.05) is 13.8 Å². The van der Waals surface area contributed by atoms with Gasteiger partial charge in [-0.25, -0.2) is 4.39 Å². The third-order valence-electron chi connectivity index (χ3n) is 3.02. The summed E-state index contributed by atoms with van der Waals surface area (Å²) >= 11 is 0. The Balaban J connectivity index is 2.53. The highest BCUT2D eigenvalue weighted by Gasteiger charge is 2.19. The van der Waals surface area contributed by atoms with Gasteiger partial charge in [0.1, 0.15) is 0 Å². The molecule has 0 aliphatic rings. The molecule has 1 rings (SSSR count). The smallest absolute Gasteiger partial charge is 0.261 e. The molecular weight excluding hydrogens is 261 g/mol. The summed E-state index contributed by atoms with van der Waals surface area (Å²) in [6, 6.07) is 6.02. The van der Waals surface area contributed by atoms with Crippen LogP contribution in [0.15, 0.2) is 24.3 Å². The molecule has 0 aliphatic heterocycles. The lowest BCUT2D eigenvalue weighted by atomic mass is 10.1. The van der Waals surface area contributed by atoms with Crippen molar-refractivity contribution in [1.29, 1.82) is 0 Å². The van der Waals surface area contributed by atoms with Gasteiger partial charge in [0, 0.05) is 13.2 Å². The van der Waals surface area contributed by atoms with Crippen LogP contribution in [0.3, 0.4) is 0 Å². The summed E-state index contributed by atoms with van der Waals surface area (Å²) in [5.74, 6) is -0.472. The molecule has 0 fully saturated rings. The van der Waals surface area contributed by atoms with Gasteiger partial charge in [0.15, 0.2) is 17.7 Å². The Hall–Kier alpha value is -1.62. The molecule has 0 aliphatic carbocycles. The van der Waals surface area contributed by atoms with Gasteiger partial charge in [-0.1, -0.05) is 26.0 Å². The SMILES string of the molecule is CCC(Oc1ccccc1F)C(=O)NCC(C)CCO. The van der Waals surface area contributed by atoms with Gasteiger partial charge in [-0.2, -0.15) is 0 Å². The highest BCUT2D eigenvalue weighted by atomic mass is 19.1. The first-order valence-electron chi connectivity index (χ1n) is 6.88. The fourth-order valence-electron chi connectivity index (χ4n) is 1.73. The van der Waals surface area contributed by atoms with Crippen LogP contribution in [0.25, 0.3) is 0 Å². The molecule has 0 saturated carbocycles. The number of halogens is 1. The molecule has 2 N–H and O–H groups in total. The van der Waals surface area contributed by atoms with Crippen molar-refractivity contribution in [2.24, 2.45) is 5.92 Å². The lowest BCUT2D eigenvalue weighted by molar-refractivity contribution is -0.128. The Morgan fingerprint density at radius 3 is 2.75 bits per heavy atom. The molecule has 0 radical (unpaired) electrons. The van der Waals surface area contributed by atoms with Gasteiger partial charge in [0.2, 0.25) is 0 Å². The van der Waals surface area contributed by atoms with Crippen molar-refractivity contribution >= 4 is 5.91 Å².